The Balaban J connectivity index is 2.04. The molecule has 1 fully saturated rings. The summed E-state index contributed by atoms with van der Waals surface area (Å²) in [5.41, 5.74) is 0. The molecule has 0 aliphatic carbocycles. The van der Waals surface area contributed by atoms with E-state index in [2.05, 4.69) is 22.5 Å². The second-order valence-electron chi connectivity index (χ2n) is 4.70. The Morgan fingerprint density at radius 2 is 2.32 bits per heavy atom. The summed E-state index contributed by atoms with van der Waals surface area (Å²) in [5, 5.41) is 6.02. The number of hydrogen-bond acceptors (Lipinski definition) is 5. The molecule has 1 rings (SSSR count). The Kier molecular flexibility index (Phi) is 8.73. The molecule has 1 atom stereocenters. The number of carbonyl (C=O) groups is 1. The van der Waals surface area contributed by atoms with Crippen molar-refractivity contribution in [3.8, 4) is 0 Å². The lowest BCUT2D eigenvalue weighted by Gasteiger charge is -2.32. The zero-order valence-corrected chi connectivity index (χ0v) is 12.1. The van der Waals surface area contributed by atoms with E-state index < -0.39 is 0 Å². The van der Waals surface area contributed by atoms with Crippen LogP contribution in [0.4, 0.5) is 0 Å². The molecule has 1 heterocycles. The van der Waals surface area contributed by atoms with E-state index in [0.717, 1.165) is 52.5 Å². The first kappa shape index (κ1) is 16.4. The molecule has 1 saturated heterocycles. The van der Waals surface area contributed by atoms with Crippen molar-refractivity contribution in [1.82, 2.24) is 15.5 Å². The van der Waals surface area contributed by atoms with Crippen LogP contribution in [0.3, 0.4) is 0 Å². The Labute approximate surface area is 115 Å². The van der Waals surface area contributed by atoms with Gasteiger partial charge in [0, 0.05) is 39.6 Å². The minimum absolute atomic E-state index is 0.00696. The Morgan fingerprint density at radius 1 is 1.47 bits per heavy atom. The summed E-state index contributed by atoms with van der Waals surface area (Å²) < 4.78 is 11.2. The minimum atomic E-state index is -0.00696. The molecule has 112 valence electrons. The zero-order valence-electron chi connectivity index (χ0n) is 12.1. The highest BCUT2D eigenvalue weighted by atomic mass is 16.5. The smallest absolute Gasteiger partial charge is 0.216 e. The van der Waals surface area contributed by atoms with Crippen LogP contribution in [-0.4, -0.2) is 76.0 Å². The molecule has 1 amide bonds. The van der Waals surface area contributed by atoms with Gasteiger partial charge in [-0.15, -0.1) is 0 Å². The van der Waals surface area contributed by atoms with Crippen LogP contribution in [0.1, 0.15) is 13.8 Å². The van der Waals surface area contributed by atoms with E-state index in [4.69, 9.17) is 9.47 Å². The normalized spacial score (nSPS) is 20.4. The highest BCUT2D eigenvalue weighted by molar-refractivity contribution is 5.72. The largest absolute Gasteiger partial charge is 0.379 e. The number of nitrogens with zero attached hydrogens (tertiary/aromatic N) is 1. The van der Waals surface area contributed by atoms with Crippen LogP contribution in [0.25, 0.3) is 0 Å². The molecule has 0 radical (unpaired) electrons. The van der Waals surface area contributed by atoms with Gasteiger partial charge in [0.1, 0.15) is 0 Å². The standard InChI is InChI=1S/C13H27N3O3/c1-3-14-4-7-18-8-5-16-6-9-19-13(11-16)10-15-12(2)17/h13-14H,3-11H2,1-2H3,(H,15,17). The molecule has 1 aliphatic heterocycles. The molecule has 0 aromatic rings. The summed E-state index contributed by atoms with van der Waals surface area (Å²) in [6.07, 6.45) is 0.0967. The zero-order chi connectivity index (χ0) is 13.9. The summed E-state index contributed by atoms with van der Waals surface area (Å²) in [6.45, 7) is 11.0. The molecule has 19 heavy (non-hydrogen) atoms. The van der Waals surface area contributed by atoms with Crippen LogP contribution in [-0.2, 0) is 14.3 Å². The molecule has 1 aliphatic rings. The molecule has 0 saturated carbocycles. The maximum absolute atomic E-state index is 10.9. The van der Waals surface area contributed by atoms with Gasteiger partial charge in [-0.2, -0.15) is 0 Å². The Hall–Kier alpha value is -0.690. The molecular weight excluding hydrogens is 246 g/mol. The third-order valence-electron chi connectivity index (χ3n) is 3.03. The quantitative estimate of drug-likeness (QED) is 0.552. The van der Waals surface area contributed by atoms with Crippen LogP contribution in [0.2, 0.25) is 0 Å². The van der Waals surface area contributed by atoms with E-state index in [-0.39, 0.29) is 12.0 Å². The first-order chi connectivity index (χ1) is 9.22. The van der Waals surface area contributed by atoms with Gasteiger partial charge in [-0.1, -0.05) is 6.92 Å². The van der Waals surface area contributed by atoms with Gasteiger partial charge in [0.25, 0.3) is 0 Å². The van der Waals surface area contributed by atoms with E-state index in [1.165, 1.54) is 6.92 Å². The molecule has 0 aromatic carbocycles. The molecule has 0 bridgehead atoms. The lowest BCUT2D eigenvalue weighted by Crippen LogP contribution is -2.48. The first-order valence-corrected chi connectivity index (χ1v) is 7.09. The van der Waals surface area contributed by atoms with Gasteiger partial charge in [0.2, 0.25) is 5.91 Å². The van der Waals surface area contributed by atoms with Crippen LogP contribution in [0.5, 0.6) is 0 Å². The Morgan fingerprint density at radius 3 is 3.05 bits per heavy atom. The summed E-state index contributed by atoms with van der Waals surface area (Å²) in [4.78, 5) is 13.2. The SMILES string of the molecule is CCNCCOCCN1CCOC(CNC(C)=O)C1. The summed E-state index contributed by atoms with van der Waals surface area (Å²) in [6, 6.07) is 0. The lowest BCUT2D eigenvalue weighted by atomic mass is 10.2. The average Bonchev–Trinajstić information content (AvgIpc) is 2.41. The predicted molar refractivity (Wildman–Crippen MR) is 74.2 cm³/mol. The van der Waals surface area contributed by atoms with Crippen molar-refractivity contribution in [1.29, 1.82) is 0 Å². The molecule has 0 aromatic heterocycles. The van der Waals surface area contributed by atoms with E-state index in [1.54, 1.807) is 0 Å². The number of morpholine rings is 1. The topological polar surface area (TPSA) is 62.8 Å². The first-order valence-electron chi connectivity index (χ1n) is 7.09. The number of rotatable bonds is 9. The van der Waals surface area contributed by atoms with Gasteiger partial charge in [0.15, 0.2) is 0 Å². The highest BCUT2D eigenvalue weighted by Crippen LogP contribution is 2.04. The summed E-state index contributed by atoms with van der Waals surface area (Å²) in [7, 11) is 0. The maximum Gasteiger partial charge on any atom is 0.216 e. The predicted octanol–water partition coefficient (Wildman–Crippen LogP) is -0.551. The molecule has 6 heteroatoms. The highest BCUT2D eigenvalue weighted by Gasteiger charge is 2.20. The van der Waals surface area contributed by atoms with E-state index in [1.807, 2.05) is 0 Å². The number of ether oxygens (including phenoxy) is 2. The van der Waals surface area contributed by atoms with Gasteiger partial charge < -0.3 is 20.1 Å². The monoisotopic (exact) mass is 273 g/mol. The fourth-order valence-corrected chi connectivity index (χ4v) is 1.98. The van der Waals surface area contributed by atoms with E-state index in [0.29, 0.717) is 6.54 Å². The van der Waals surface area contributed by atoms with Crippen LogP contribution in [0, 0.1) is 0 Å². The second-order valence-corrected chi connectivity index (χ2v) is 4.70. The van der Waals surface area contributed by atoms with Crippen molar-refractivity contribution in [3.63, 3.8) is 0 Å². The third kappa shape index (κ3) is 8.15. The van der Waals surface area contributed by atoms with E-state index >= 15 is 0 Å². The van der Waals surface area contributed by atoms with Crippen molar-refractivity contribution in [3.05, 3.63) is 0 Å². The molecular formula is C13H27N3O3. The van der Waals surface area contributed by atoms with Crippen molar-refractivity contribution in [2.24, 2.45) is 0 Å². The Bertz CT molecular complexity index is 251. The number of carbonyl (C=O) groups excluding carboxylic acids is 1. The van der Waals surface area contributed by atoms with Crippen LogP contribution in [0.15, 0.2) is 0 Å². The summed E-state index contributed by atoms with van der Waals surface area (Å²) in [5.74, 6) is -0.00696. The van der Waals surface area contributed by atoms with Gasteiger partial charge in [-0.25, -0.2) is 0 Å². The maximum atomic E-state index is 10.9. The molecule has 0 spiro atoms. The average molecular weight is 273 g/mol. The fraction of sp³-hybridized carbons (Fsp3) is 0.923. The van der Waals surface area contributed by atoms with Crippen LogP contribution < -0.4 is 10.6 Å². The number of nitrogens with one attached hydrogen (secondary N) is 2. The number of amides is 1. The molecule has 6 nitrogen and oxygen atoms in total. The van der Waals surface area contributed by atoms with Gasteiger partial charge in [0.05, 0.1) is 25.9 Å². The lowest BCUT2D eigenvalue weighted by molar-refractivity contribution is -0.120. The second kappa shape index (κ2) is 10.1. The van der Waals surface area contributed by atoms with Crippen LogP contribution >= 0.6 is 0 Å². The van der Waals surface area contributed by atoms with Gasteiger partial charge in [-0.05, 0) is 6.54 Å². The van der Waals surface area contributed by atoms with Crippen molar-refractivity contribution >= 4 is 5.91 Å². The van der Waals surface area contributed by atoms with Gasteiger partial charge >= 0.3 is 0 Å². The van der Waals surface area contributed by atoms with Gasteiger partial charge in [-0.3, -0.25) is 9.69 Å². The van der Waals surface area contributed by atoms with Crippen molar-refractivity contribution in [2.45, 2.75) is 20.0 Å². The molecule has 2 N–H and O–H groups in total. The van der Waals surface area contributed by atoms with E-state index in [9.17, 15) is 4.79 Å². The van der Waals surface area contributed by atoms with Crippen molar-refractivity contribution in [2.75, 3.05) is 59.1 Å². The molecule has 1 unspecified atom stereocenters. The minimum Gasteiger partial charge on any atom is -0.379 e. The summed E-state index contributed by atoms with van der Waals surface area (Å²) >= 11 is 0. The number of hydrogen-bond donors (Lipinski definition) is 2. The fourth-order valence-electron chi connectivity index (χ4n) is 1.98. The number of likely N-dealkylation sites (N-methyl/N-ethyl adjacent to an activating group) is 1. The third-order valence-corrected chi connectivity index (χ3v) is 3.03. The van der Waals surface area contributed by atoms with Crippen molar-refractivity contribution < 1.29 is 14.3 Å².